The van der Waals surface area contributed by atoms with Crippen LogP contribution in [0.2, 0.25) is 0 Å². The van der Waals surface area contributed by atoms with Crippen LogP contribution in [0.5, 0.6) is 5.75 Å². The van der Waals surface area contributed by atoms with Gasteiger partial charge in [-0.3, -0.25) is 4.79 Å². The van der Waals surface area contributed by atoms with Gasteiger partial charge in [0.05, 0.1) is 13.7 Å². The third kappa shape index (κ3) is 9.47. The summed E-state index contributed by atoms with van der Waals surface area (Å²) in [6.07, 6.45) is 0.515. The van der Waals surface area contributed by atoms with E-state index in [1.165, 1.54) is 0 Å². The van der Waals surface area contributed by atoms with Gasteiger partial charge in [-0.05, 0) is 48.2 Å². The molecule has 0 heterocycles. The van der Waals surface area contributed by atoms with Crippen molar-refractivity contribution in [2.24, 2.45) is 10.9 Å². The Balaban J connectivity index is 0.00000450. The van der Waals surface area contributed by atoms with E-state index in [1.54, 1.807) is 7.11 Å². The monoisotopic (exact) mass is 524 g/mol. The fourth-order valence-electron chi connectivity index (χ4n) is 2.81. The molecule has 0 aliphatic carbocycles. The number of rotatable bonds is 9. The van der Waals surface area contributed by atoms with E-state index in [9.17, 15) is 4.79 Å². The Morgan fingerprint density at radius 2 is 1.80 bits per heavy atom. The molecular formula is C23H33IN4O2. The van der Waals surface area contributed by atoms with Crippen LogP contribution in [0, 0.1) is 5.92 Å². The number of carbonyl (C=O) groups excluding carboxylic acids is 1. The lowest BCUT2D eigenvalue weighted by molar-refractivity contribution is -0.116. The summed E-state index contributed by atoms with van der Waals surface area (Å²) < 4.78 is 5.27. The minimum absolute atomic E-state index is 0. The second kappa shape index (κ2) is 13.8. The summed E-state index contributed by atoms with van der Waals surface area (Å²) in [6, 6.07) is 15.8. The lowest BCUT2D eigenvalue weighted by atomic mass is 10.1. The van der Waals surface area contributed by atoms with Crippen molar-refractivity contribution in [3.05, 3.63) is 59.7 Å². The van der Waals surface area contributed by atoms with E-state index in [0.29, 0.717) is 25.4 Å². The second-order valence-corrected chi connectivity index (χ2v) is 7.25. The summed E-state index contributed by atoms with van der Waals surface area (Å²) in [5.41, 5.74) is 2.95. The number of carbonyl (C=O) groups is 1. The van der Waals surface area contributed by atoms with E-state index < -0.39 is 0 Å². The predicted molar refractivity (Wildman–Crippen MR) is 135 cm³/mol. The minimum Gasteiger partial charge on any atom is -0.497 e. The summed E-state index contributed by atoms with van der Waals surface area (Å²) in [5.74, 6) is 1.95. The van der Waals surface area contributed by atoms with Crippen LogP contribution in [0.25, 0.3) is 0 Å². The number of nitrogens with one attached hydrogen (secondary N) is 3. The van der Waals surface area contributed by atoms with Gasteiger partial charge < -0.3 is 20.7 Å². The fourth-order valence-corrected chi connectivity index (χ4v) is 2.81. The molecular weight excluding hydrogens is 491 g/mol. The zero-order valence-electron chi connectivity index (χ0n) is 18.2. The largest absolute Gasteiger partial charge is 0.497 e. The van der Waals surface area contributed by atoms with Crippen LogP contribution in [-0.2, 0) is 17.9 Å². The number of nitrogens with zero attached hydrogens (tertiary/aromatic N) is 1. The molecule has 7 heteroatoms. The normalized spacial score (nSPS) is 10.9. The van der Waals surface area contributed by atoms with Crippen LogP contribution in [0.1, 0.15) is 38.3 Å². The third-order valence-corrected chi connectivity index (χ3v) is 4.16. The fraction of sp³-hybridized carbons (Fsp3) is 0.391. The quantitative estimate of drug-likeness (QED) is 0.256. The van der Waals surface area contributed by atoms with E-state index in [4.69, 9.17) is 4.74 Å². The SMILES string of the molecule is CCNC(=NCc1cccc(NC(=O)CC(C)C)c1)NCc1cccc(OC)c1.I. The van der Waals surface area contributed by atoms with Gasteiger partial charge >= 0.3 is 0 Å². The molecule has 0 saturated heterocycles. The number of anilines is 1. The molecule has 0 unspecified atom stereocenters. The van der Waals surface area contributed by atoms with Gasteiger partial charge in [-0.2, -0.15) is 0 Å². The first-order valence-corrected chi connectivity index (χ1v) is 10.0. The van der Waals surface area contributed by atoms with Gasteiger partial charge in [-0.1, -0.05) is 38.1 Å². The molecule has 0 atom stereocenters. The Morgan fingerprint density at radius 3 is 2.50 bits per heavy atom. The van der Waals surface area contributed by atoms with Crippen LogP contribution >= 0.6 is 24.0 Å². The Kier molecular flexibility index (Phi) is 11.9. The molecule has 0 spiro atoms. The number of guanidine groups is 1. The van der Waals surface area contributed by atoms with E-state index in [-0.39, 0.29) is 29.9 Å². The molecule has 0 aromatic heterocycles. The second-order valence-electron chi connectivity index (χ2n) is 7.25. The Labute approximate surface area is 196 Å². The van der Waals surface area contributed by atoms with Gasteiger partial charge in [-0.15, -0.1) is 24.0 Å². The number of halogens is 1. The molecule has 0 radical (unpaired) electrons. The van der Waals surface area contributed by atoms with Crippen molar-refractivity contribution in [2.75, 3.05) is 19.0 Å². The molecule has 6 nitrogen and oxygen atoms in total. The van der Waals surface area contributed by atoms with Gasteiger partial charge in [0, 0.05) is 25.2 Å². The number of hydrogen-bond acceptors (Lipinski definition) is 3. The maximum Gasteiger partial charge on any atom is 0.224 e. The van der Waals surface area contributed by atoms with E-state index in [2.05, 4.69) is 20.9 Å². The first kappa shape index (κ1) is 25.7. The average Bonchev–Trinajstić information content (AvgIpc) is 2.70. The molecule has 0 aliphatic heterocycles. The third-order valence-electron chi connectivity index (χ3n) is 4.16. The van der Waals surface area contributed by atoms with Crippen LogP contribution in [-0.4, -0.2) is 25.5 Å². The van der Waals surface area contributed by atoms with E-state index in [0.717, 1.165) is 35.1 Å². The highest BCUT2D eigenvalue weighted by Crippen LogP contribution is 2.14. The first-order chi connectivity index (χ1) is 14.0. The number of amides is 1. The summed E-state index contributed by atoms with van der Waals surface area (Å²) >= 11 is 0. The number of hydrogen-bond donors (Lipinski definition) is 3. The predicted octanol–water partition coefficient (Wildman–Crippen LogP) is 4.55. The highest BCUT2D eigenvalue weighted by molar-refractivity contribution is 14.0. The maximum absolute atomic E-state index is 12.0. The van der Waals surface area contributed by atoms with Crippen molar-refractivity contribution in [3.8, 4) is 5.75 Å². The van der Waals surface area contributed by atoms with Gasteiger partial charge in [0.1, 0.15) is 5.75 Å². The Hall–Kier alpha value is -2.29. The van der Waals surface area contributed by atoms with Crippen LogP contribution in [0.3, 0.4) is 0 Å². The maximum atomic E-state index is 12.0. The van der Waals surface area contributed by atoms with Crippen molar-refractivity contribution in [2.45, 2.75) is 40.3 Å². The molecule has 2 rings (SSSR count). The van der Waals surface area contributed by atoms with Gasteiger partial charge in [0.15, 0.2) is 5.96 Å². The van der Waals surface area contributed by atoms with Crippen molar-refractivity contribution in [1.82, 2.24) is 10.6 Å². The molecule has 0 saturated carbocycles. The number of methoxy groups -OCH3 is 1. The summed E-state index contributed by atoms with van der Waals surface area (Å²) in [6.45, 7) is 8.04. The van der Waals surface area contributed by atoms with Crippen LogP contribution in [0.15, 0.2) is 53.5 Å². The lowest BCUT2D eigenvalue weighted by Crippen LogP contribution is -2.36. The molecule has 2 aromatic rings. The molecule has 1 amide bonds. The van der Waals surface area contributed by atoms with Crippen molar-refractivity contribution >= 4 is 41.5 Å². The molecule has 30 heavy (non-hydrogen) atoms. The molecule has 0 fully saturated rings. The topological polar surface area (TPSA) is 74.8 Å². The highest BCUT2D eigenvalue weighted by atomic mass is 127. The number of aliphatic imine (C=N–C) groups is 1. The van der Waals surface area contributed by atoms with Crippen molar-refractivity contribution < 1.29 is 9.53 Å². The van der Waals surface area contributed by atoms with Crippen molar-refractivity contribution in [1.29, 1.82) is 0 Å². The molecule has 164 valence electrons. The van der Waals surface area contributed by atoms with Gasteiger partial charge in [0.25, 0.3) is 0 Å². The Bertz CT molecular complexity index is 824. The Morgan fingerprint density at radius 1 is 1.07 bits per heavy atom. The zero-order valence-corrected chi connectivity index (χ0v) is 20.5. The molecule has 0 bridgehead atoms. The number of ether oxygens (including phenoxy) is 1. The van der Waals surface area contributed by atoms with Crippen LogP contribution in [0.4, 0.5) is 5.69 Å². The standard InChI is InChI=1S/C23H32N4O2.HI/c1-5-24-23(26-16-19-9-7-11-21(14-19)29-4)25-15-18-8-6-10-20(13-18)27-22(28)12-17(2)3;/h6-11,13-14,17H,5,12,15-16H2,1-4H3,(H,27,28)(H2,24,25,26);1H. The van der Waals surface area contributed by atoms with E-state index >= 15 is 0 Å². The lowest BCUT2D eigenvalue weighted by Gasteiger charge is -2.12. The van der Waals surface area contributed by atoms with Crippen molar-refractivity contribution in [3.63, 3.8) is 0 Å². The average molecular weight is 524 g/mol. The summed E-state index contributed by atoms with van der Waals surface area (Å²) in [5, 5.41) is 9.55. The molecule has 0 aliphatic rings. The summed E-state index contributed by atoms with van der Waals surface area (Å²) in [4.78, 5) is 16.6. The van der Waals surface area contributed by atoms with E-state index in [1.807, 2.05) is 69.3 Å². The number of benzene rings is 2. The smallest absolute Gasteiger partial charge is 0.224 e. The van der Waals surface area contributed by atoms with Gasteiger partial charge in [-0.25, -0.2) is 4.99 Å². The van der Waals surface area contributed by atoms with Crippen LogP contribution < -0.4 is 20.7 Å². The highest BCUT2D eigenvalue weighted by Gasteiger charge is 2.06. The minimum atomic E-state index is 0. The van der Waals surface area contributed by atoms with Gasteiger partial charge in [0.2, 0.25) is 5.91 Å². The molecule has 2 aromatic carbocycles. The molecule has 3 N–H and O–H groups in total. The summed E-state index contributed by atoms with van der Waals surface area (Å²) in [7, 11) is 1.66. The zero-order chi connectivity index (χ0) is 21.1. The first-order valence-electron chi connectivity index (χ1n) is 10.0.